The van der Waals surface area contributed by atoms with Crippen LogP contribution < -0.4 is 15.4 Å². The molecule has 3 aromatic rings. The van der Waals surface area contributed by atoms with Crippen LogP contribution in [0, 0.1) is 6.92 Å². The SMILES string of the molecule is Cc1cccc(N2CCN(c3cnn(-c4ccc(Cl)cc4)c(=O)c3Cl)CC2)c1. The van der Waals surface area contributed by atoms with Crippen molar-refractivity contribution in [3.05, 3.63) is 80.7 Å². The maximum Gasteiger partial charge on any atom is 0.292 e. The van der Waals surface area contributed by atoms with Crippen molar-refractivity contribution in [3.63, 3.8) is 0 Å². The van der Waals surface area contributed by atoms with Gasteiger partial charge >= 0.3 is 0 Å². The average Bonchev–Trinajstić information content (AvgIpc) is 2.71. The van der Waals surface area contributed by atoms with Crippen molar-refractivity contribution in [2.75, 3.05) is 36.0 Å². The fraction of sp³-hybridized carbons (Fsp3) is 0.238. The first-order chi connectivity index (χ1) is 13.5. The zero-order chi connectivity index (χ0) is 19.7. The van der Waals surface area contributed by atoms with E-state index < -0.39 is 0 Å². The highest BCUT2D eigenvalue weighted by atomic mass is 35.5. The van der Waals surface area contributed by atoms with Crippen LogP contribution in [0.2, 0.25) is 10.0 Å². The Kier molecular flexibility index (Phi) is 5.29. The van der Waals surface area contributed by atoms with Gasteiger partial charge in [0.05, 0.1) is 17.6 Å². The number of anilines is 2. The lowest BCUT2D eigenvalue weighted by atomic mass is 10.2. The number of nitrogens with zero attached hydrogens (tertiary/aromatic N) is 4. The van der Waals surface area contributed by atoms with Gasteiger partial charge in [-0.05, 0) is 48.9 Å². The Labute approximate surface area is 173 Å². The minimum Gasteiger partial charge on any atom is -0.368 e. The molecule has 4 rings (SSSR count). The number of halogens is 2. The first-order valence-electron chi connectivity index (χ1n) is 9.13. The fourth-order valence-electron chi connectivity index (χ4n) is 3.44. The van der Waals surface area contributed by atoms with Crippen molar-refractivity contribution in [3.8, 4) is 5.69 Å². The lowest BCUT2D eigenvalue weighted by molar-refractivity contribution is 0.649. The summed E-state index contributed by atoms with van der Waals surface area (Å²) in [5, 5.41) is 5.12. The number of rotatable bonds is 3. The Hall–Kier alpha value is -2.50. The van der Waals surface area contributed by atoms with Gasteiger partial charge in [0.1, 0.15) is 5.02 Å². The van der Waals surface area contributed by atoms with Crippen LogP contribution >= 0.6 is 23.2 Å². The molecular formula is C21H20Cl2N4O. The van der Waals surface area contributed by atoms with Crippen molar-refractivity contribution < 1.29 is 0 Å². The molecule has 0 spiro atoms. The number of aromatic nitrogens is 2. The summed E-state index contributed by atoms with van der Waals surface area (Å²) in [7, 11) is 0. The lowest BCUT2D eigenvalue weighted by Gasteiger charge is -2.37. The first kappa shape index (κ1) is 18.8. The van der Waals surface area contributed by atoms with Crippen molar-refractivity contribution in [2.45, 2.75) is 6.92 Å². The van der Waals surface area contributed by atoms with Gasteiger partial charge in [0, 0.05) is 36.9 Å². The molecule has 0 aliphatic carbocycles. The Morgan fingerprint density at radius 3 is 2.25 bits per heavy atom. The van der Waals surface area contributed by atoms with Crippen molar-refractivity contribution in [2.24, 2.45) is 0 Å². The standard InChI is InChI=1S/C21H20Cl2N4O/c1-15-3-2-4-18(13-15)25-9-11-26(12-10-25)19-14-24-27(21(28)20(19)23)17-7-5-16(22)6-8-17/h2-8,13-14H,9-12H2,1H3. The molecule has 0 bridgehead atoms. The summed E-state index contributed by atoms with van der Waals surface area (Å²) in [5.74, 6) is 0. The number of piperazine rings is 1. The molecule has 1 saturated heterocycles. The fourth-order valence-corrected chi connectivity index (χ4v) is 3.82. The maximum atomic E-state index is 12.7. The van der Waals surface area contributed by atoms with Gasteiger partial charge in [-0.25, -0.2) is 0 Å². The molecule has 7 heteroatoms. The second-order valence-electron chi connectivity index (χ2n) is 6.85. The van der Waals surface area contributed by atoms with Crippen LogP contribution in [0.25, 0.3) is 5.69 Å². The summed E-state index contributed by atoms with van der Waals surface area (Å²) in [5.41, 5.74) is 3.45. The molecule has 1 fully saturated rings. The van der Waals surface area contributed by atoms with Crippen molar-refractivity contribution in [1.29, 1.82) is 0 Å². The topological polar surface area (TPSA) is 41.4 Å². The van der Waals surface area contributed by atoms with Crippen LogP contribution in [0.5, 0.6) is 0 Å². The van der Waals surface area contributed by atoms with Gasteiger partial charge < -0.3 is 9.80 Å². The molecule has 0 atom stereocenters. The average molecular weight is 415 g/mol. The Morgan fingerprint density at radius 2 is 1.57 bits per heavy atom. The van der Waals surface area contributed by atoms with E-state index in [-0.39, 0.29) is 10.6 Å². The van der Waals surface area contributed by atoms with E-state index in [0.29, 0.717) is 16.4 Å². The second kappa shape index (κ2) is 7.86. The molecule has 28 heavy (non-hydrogen) atoms. The molecule has 144 valence electrons. The third kappa shape index (κ3) is 3.73. The number of hydrogen-bond acceptors (Lipinski definition) is 4. The van der Waals surface area contributed by atoms with Gasteiger partial charge in [0.15, 0.2) is 0 Å². The molecule has 1 aliphatic heterocycles. The van der Waals surface area contributed by atoms with E-state index in [9.17, 15) is 4.79 Å². The molecule has 5 nitrogen and oxygen atoms in total. The molecule has 0 radical (unpaired) electrons. The Morgan fingerprint density at radius 1 is 0.893 bits per heavy atom. The summed E-state index contributed by atoms with van der Waals surface area (Å²) < 4.78 is 1.30. The third-order valence-electron chi connectivity index (χ3n) is 4.96. The van der Waals surface area contributed by atoms with Gasteiger partial charge in [-0.1, -0.05) is 35.3 Å². The van der Waals surface area contributed by atoms with Crippen LogP contribution in [-0.4, -0.2) is 36.0 Å². The zero-order valence-electron chi connectivity index (χ0n) is 15.5. The van der Waals surface area contributed by atoms with Gasteiger partial charge in [0.25, 0.3) is 5.56 Å². The quantitative estimate of drug-likeness (QED) is 0.644. The number of hydrogen-bond donors (Lipinski definition) is 0. The molecule has 2 aromatic carbocycles. The normalized spacial score (nSPS) is 14.4. The van der Waals surface area contributed by atoms with E-state index in [1.165, 1.54) is 15.9 Å². The number of aryl methyl sites for hydroxylation is 1. The Balaban J connectivity index is 1.53. The maximum absolute atomic E-state index is 12.7. The molecule has 1 aromatic heterocycles. The predicted molar refractivity (Wildman–Crippen MR) is 115 cm³/mol. The second-order valence-corrected chi connectivity index (χ2v) is 7.66. The largest absolute Gasteiger partial charge is 0.368 e. The lowest BCUT2D eigenvalue weighted by Crippen LogP contribution is -2.47. The molecule has 0 unspecified atom stereocenters. The van der Waals surface area contributed by atoms with E-state index in [1.54, 1.807) is 30.5 Å². The summed E-state index contributed by atoms with van der Waals surface area (Å²) in [6.07, 6.45) is 1.67. The van der Waals surface area contributed by atoms with Crippen LogP contribution in [0.1, 0.15) is 5.56 Å². The molecule has 2 heterocycles. The minimum absolute atomic E-state index is 0.189. The minimum atomic E-state index is -0.331. The third-order valence-corrected chi connectivity index (χ3v) is 5.57. The summed E-state index contributed by atoms with van der Waals surface area (Å²) in [4.78, 5) is 17.2. The van der Waals surface area contributed by atoms with E-state index in [4.69, 9.17) is 23.2 Å². The highest BCUT2D eigenvalue weighted by molar-refractivity contribution is 6.33. The van der Waals surface area contributed by atoms with Gasteiger partial charge in [-0.3, -0.25) is 4.79 Å². The molecule has 0 saturated carbocycles. The monoisotopic (exact) mass is 414 g/mol. The first-order valence-corrected chi connectivity index (χ1v) is 9.89. The summed E-state index contributed by atoms with van der Waals surface area (Å²) >= 11 is 12.3. The van der Waals surface area contributed by atoms with Gasteiger partial charge in [0.2, 0.25) is 0 Å². The summed E-state index contributed by atoms with van der Waals surface area (Å²) in [6, 6.07) is 15.4. The highest BCUT2D eigenvalue weighted by Crippen LogP contribution is 2.25. The van der Waals surface area contributed by atoms with Crippen LogP contribution in [0.3, 0.4) is 0 Å². The number of benzene rings is 2. The molecular weight excluding hydrogens is 395 g/mol. The van der Waals surface area contributed by atoms with Gasteiger partial charge in [-0.2, -0.15) is 9.78 Å². The van der Waals surface area contributed by atoms with Crippen molar-refractivity contribution in [1.82, 2.24) is 9.78 Å². The molecule has 0 amide bonds. The van der Waals surface area contributed by atoms with E-state index in [2.05, 4.69) is 46.1 Å². The van der Waals surface area contributed by atoms with Crippen LogP contribution in [0.15, 0.2) is 59.5 Å². The molecule has 0 N–H and O–H groups in total. The molecule has 1 aliphatic rings. The van der Waals surface area contributed by atoms with E-state index in [0.717, 1.165) is 26.2 Å². The van der Waals surface area contributed by atoms with Crippen LogP contribution in [-0.2, 0) is 0 Å². The Bertz CT molecular complexity index is 1040. The van der Waals surface area contributed by atoms with E-state index >= 15 is 0 Å². The zero-order valence-corrected chi connectivity index (χ0v) is 17.0. The smallest absolute Gasteiger partial charge is 0.292 e. The van der Waals surface area contributed by atoms with Crippen molar-refractivity contribution >= 4 is 34.6 Å². The highest BCUT2D eigenvalue weighted by Gasteiger charge is 2.22. The predicted octanol–water partition coefficient (Wildman–Crippen LogP) is 4.17. The summed E-state index contributed by atoms with van der Waals surface area (Å²) in [6.45, 7) is 5.38. The van der Waals surface area contributed by atoms with E-state index in [1.807, 2.05) is 0 Å². The van der Waals surface area contributed by atoms with Gasteiger partial charge in [-0.15, -0.1) is 0 Å². The van der Waals surface area contributed by atoms with Crippen LogP contribution in [0.4, 0.5) is 11.4 Å².